The van der Waals surface area contributed by atoms with Crippen LogP contribution in [0.2, 0.25) is 5.02 Å². The van der Waals surface area contributed by atoms with Crippen LogP contribution in [-0.4, -0.2) is 30.3 Å². The minimum absolute atomic E-state index is 0.0640. The Bertz CT molecular complexity index is 545. The second kappa shape index (κ2) is 4.77. The predicted octanol–water partition coefficient (Wildman–Crippen LogP) is 1.90. The van der Waals surface area contributed by atoms with Gasteiger partial charge in [0.2, 0.25) is 0 Å². The van der Waals surface area contributed by atoms with Crippen molar-refractivity contribution in [2.45, 2.75) is 0 Å². The molecular formula is C12H14ClN3O. The SMILES string of the molecule is CN(CCO)c1nccc2c(N)ccc(Cl)c12. The van der Waals surface area contributed by atoms with Crippen LogP contribution in [0.15, 0.2) is 24.4 Å². The van der Waals surface area contributed by atoms with E-state index in [1.807, 2.05) is 18.0 Å². The molecule has 0 aliphatic carbocycles. The van der Waals surface area contributed by atoms with Gasteiger partial charge >= 0.3 is 0 Å². The molecule has 1 aromatic carbocycles. The number of fused-ring (bicyclic) bond motifs is 1. The van der Waals surface area contributed by atoms with Crippen molar-refractivity contribution >= 4 is 33.9 Å². The molecule has 3 N–H and O–H groups in total. The third-order valence-electron chi connectivity index (χ3n) is 2.69. The van der Waals surface area contributed by atoms with Gasteiger partial charge in [0.05, 0.1) is 11.6 Å². The summed E-state index contributed by atoms with van der Waals surface area (Å²) in [5.74, 6) is 0.730. The van der Waals surface area contributed by atoms with Crippen molar-refractivity contribution in [3.63, 3.8) is 0 Å². The van der Waals surface area contributed by atoms with Gasteiger partial charge in [0.15, 0.2) is 0 Å². The summed E-state index contributed by atoms with van der Waals surface area (Å²) in [6.45, 7) is 0.561. The van der Waals surface area contributed by atoms with E-state index in [0.717, 1.165) is 16.6 Å². The number of nitrogen functional groups attached to an aromatic ring is 1. The van der Waals surface area contributed by atoms with Crippen LogP contribution in [0.3, 0.4) is 0 Å². The van der Waals surface area contributed by atoms with Crippen molar-refractivity contribution in [2.75, 3.05) is 30.8 Å². The Labute approximate surface area is 105 Å². The van der Waals surface area contributed by atoms with Crippen LogP contribution in [0.1, 0.15) is 0 Å². The van der Waals surface area contributed by atoms with Crippen molar-refractivity contribution < 1.29 is 5.11 Å². The Kier molecular flexibility index (Phi) is 3.36. The monoisotopic (exact) mass is 251 g/mol. The summed E-state index contributed by atoms with van der Waals surface area (Å²) < 4.78 is 0. The molecule has 0 amide bonds. The van der Waals surface area contributed by atoms with Crippen LogP contribution in [-0.2, 0) is 0 Å². The van der Waals surface area contributed by atoms with Gasteiger partial charge in [-0.2, -0.15) is 0 Å². The zero-order chi connectivity index (χ0) is 12.4. The van der Waals surface area contributed by atoms with Crippen LogP contribution in [0, 0.1) is 0 Å². The zero-order valence-corrected chi connectivity index (χ0v) is 10.3. The number of rotatable bonds is 3. The topological polar surface area (TPSA) is 62.4 Å². The highest BCUT2D eigenvalue weighted by molar-refractivity contribution is 6.37. The molecule has 0 saturated carbocycles. The number of halogens is 1. The number of nitrogens with zero attached hydrogens (tertiary/aromatic N) is 2. The number of benzene rings is 1. The number of likely N-dealkylation sites (N-methyl/N-ethyl adjacent to an activating group) is 1. The van der Waals surface area contributed by atoms with Gasteiger partial charge in [-0.3, -0.25) is 0 Å². The number of pyridine rings is 1. The molecule has 1 heterocycles. The third-order valence-corrected chi connectivity index (χ3v) is 3.00. The molecular weight excluding hydrogens is 238 g/mol. The van der Waals surface area contributed by atoms with E-state index < -0.39 is 0 Å². The largest absolute Gasteiger partial charge is 0.398 e. The maximum atomic E-state index is 8.97. The summed E-state index contributed by atoms with van der Waals surface area (Å²) in [6, 6.07) is 5.38. The summed E-state index contributed by atoms with van der Waals surface area (Å²) in [7, 11) is 1.86. The second-order valence-corrected chi connectivity index (χ2v) is 4.25. The second-order valence-electron chi connectivity index (χ2n) is 3.84. The van der Waals surface area contributed by atoms with Crippen LogP contribution in [0.25, 0.3) is 10.8 Å². The summed E-state index contributed by atoms with van der Waals surface area (Å²) >= 11 is 6.19. The number of aliphatic hydroxyl groups excluding tert-OH is 1. The Balaban J connectivity index is 2.68. The number of aliphatic hydroxyl groups is 1. The summed E-state index contributed by atoms with van der Waals surface area (Å²) in [5.41, 5.74) is 6.59. The highest BCUT2D eigenvalue weighted by Crippen LogP contribution is 2.33. The smallest absolute Gasteiger partial charge is 0.137 e. The molecule has 0 saturated heterocycles. The first kappa shape index (κ1) is 12.0. The van der Waals surface area contributed by atoms with Gasteiger partial charge in [-0.25, -0.2) is 4.98 Å². The lowest BCUT2D eigenvalue weighted by Crippen LogP contribution is -2.22. The number of hydrogen-bond donors (Lipinski definition) is 2. The average molecular weight is 252 g/mol. The number of nitrogens with two attached hydrogens (primary N) is 1. The molecule has 0 spiro atoms. The van der Waals surface area contributed by atoms with E-state index in [1.54, 1.807) is 18.3 Å². The third kappa shape index (κ3) is 2.14. The van der Waals surface area contributed by atoms with Crippen molar-refractivity contribution in [1.29, 1.82) is 0 Å². The van der Waals surface area contributed by atoms with E-state index in [-0.39, 0.29) is 6.61 Å². The number of hydrogen-bond acceptors (Lipinski definition) is 4. The maximum Gasteiger partial charge on any atom is 0.137 e. The molecule has 0 aliphatic rings. The summed E-state index contributed by atoms with van der Waals surface area (Å²) in [4.78, 5) is 6.16. The van der Waals surface area contributed by atoms with Gasteiger partial charge in [-0.15, -0.1) is 0 Å². The van der Waals surface area contributed by atoms with Crippen molar-refractivity contribution in [3.05, 3.63) is 29.4 Å². The molecule has 0 radical (unpaired) electrons. The summed E-state index contributed by atoms with van der Waals surface area (Å²) in [5, 5.41) is 11.3. The van der Waals surface area contributed by atoms with Crippen LogP contribution in [0.5, 0.6) is 0 Å². The Morgan fingerprint density at radius 1 is 1.41 bits per heavy atom. The van der Waals surface area contributed by atoms with Crippen molar-refractivity contribution in [3.8, 4) is 0 Å². The Morgan fingerprint density at radius 2 is 2.18 bits per heavy atom. The molecule has 0 unspecified atom stereocenters. The molecule has 0 bridgehead atoms. The van der Waals surface area contributed by atoms with Gasteiger partial charge in [0.25, 0.3) is 0 Å². The van der Waals surface area contributed by atoms with Gasteiger partial charge in [0, 0.05) is 36.2 Å². The number of anilines is 2. The van der Waals surface area contributed by atoms with Gasteiger partial charge in [-0.1, -0.05) is 11.6 Å². The van der Waals surface area contributed by atoms with Gasteiger partial charge in [0.1, 0.15) is 5.82 Å². The van der Waals surface area contributed by atoms with E-state index >= 15 is 0 Å². The van der Waals surface area contributed by atoms with E-state index in [2.05, 4.69) is 4.98 Å². The summed E-state index contributed by atoms with van der Waals surface area (Å²) in [6.07, 6.45) is 1.69. The zero-order valence-electron chi connectivity index (χ0n) is 9.52. The molecule has 4 nitrogen and oxygen atoms in total. The average Bonchev–Trinajstić information content (AvgIpc) is 2.34. The van der Waals surface area contributed by atoms with Crippen LogP contribution < -0.4 is 10.6 Å². The fourth-order valence-electron chi connectivity index (χ4n) is 1.81. The van der Waals surface area contributed by atoms with Crippen LogP contribution >= 0.6 is 11.6 Å². The lowest BCUT2D eigenvalue weighted by molar-refractivity contribution is 0.304. The van der Waals surface area contributed by atoms with E-state index in [4.69, 9.17) is 22.4 Å². The molecule has 2 rings (SSSR count). The van der Waals surface area contributed by atoms with Gasteiger partial charge < -0.3 is 15.7 Å². The van der Waals surface area contributed by atoms with Gasteiger partial charge in [-0.05, 0) is 18.2 Å². The first-order valence-electron chi connectivity index (χ1n) is 5.30. The number of aromatic nitrogens is 1. The fraction of sp³-hybridized carbons (Fsp3) is 0.250. The van der Waals surface area contributed by atoms with E-state index in [0.29, 0.717) is 17.3 Å². The molecule has 0 fully saturated rings. The highest BCUT2D eigenvalue weighted by atomic mass is 35.5. The maximum absolute atomic E-state index is 8.97. The molecule has 5 heteroatoms. The molecule has 1 aromatic heterocycles. The molecule has 0 atom stereocenters. The molecule has 90 valence electrons. The van der Waals surface area contributed by atoms with E-state index in [1.165, 1.54) is 0 Å². The predicted molar refractivity (Wildman–Crippen MR) is 71.5 cm³/mol. The van der Waals surface area contributed by atoms with Crippen LogP contribution in [0.4, 0.5) is 11.5 Å². The molecule has 17 heavy (non-hydrogen) atoms. The quantitative estimate of drug-likeness (QED) is 0.818. The lowest BCUT2D eigenvalue weighted by Gasteiger charge is -2.19. The molecule has 2 aromatic rings. The van der Waals surface area contributed by atoms with Crippen molar-refractivity contribution in [2.24, 2.45) is 0 Å². The molecule has 0 aliphatic heterocycles. The first-order valence-corrected chi connectivity index (χ1v) is 5.67. The lowest BCUT2D eigenvalue weighted by atomic mass is 10.1. The highest BCUT2D eigenvalue weighted by Gasteiger charge is 2.11. The first-order chi connectivity index (χ1) is 8.15. The standard InChI is InChI=1S/C12H14ClN3O/c1-16(6-7-17)12-11-8(4-5-15-12)10(14)3-2-9(11)13/h2-5,17H,6-7,14H2,1H3. The Morgan fingerprint density at radius 3 is 2.88 bits per heavy atom. The minimum Gasteiger partial charge on any atom is -0.398 e. The van der Waals surface area contributed by atoms with Crippen molar-refractivity contribution in [1.82, 2.24) is 4.98 Å². The fourth-order valence-corrected chi connectivity index (χ4v) is 2.06. The van der Waals surface area contributed by atoms with E-state index in [9.17, 15) is 0 Å². The normalized spacial score (nSPS) is 10.8. The minimum atomic E-state index is 0.0640. The Hall–Kier alpha value is -1.52.